The molecule has 0 spiro atoms. The molecule has 1 N–H and O–H groups in total. The van der Waals surface area contributed by atoms with Crippen molar-refractivity contribution in [1.29, 1.82) is 0 Å². The van der Waals surface area contributed by atoms with E-state index in [1.165, 1.54) is 37.7 Å². The maximum absolute atomic E-state index is 6.20. The summed E-state index contributed by atoms with van der Waals surface area (Å²) in [6.45, 7) is 0. The van der Waals surface area contributed by atoms with E-state index in [0.717, 1.165) is 17.1 Å². The van der Waals surface area contributed by atoms with Gasteiger partial charge in [0.15, 0.2) is 0 Å². The predicted octanol–water partition coefficient (Wildman–Crippen LogP) is 3.73. The molecule has 1 aromatic carbocycles. The number of benzene rings is 1. The molecular formula is C14H18ClN. The Morgan fingerprint density at radius 1 is 1.06 bits per heavy atom. The lowest BCUT2D eigenvalue weighted by Crippen LogP contribution is -2.48. The fraction of sp³-hybridized carbons (Fsp3) is 0.571. The van der Waals surface area contributed by atoms with Gasteiger partial charge < -0.3 is 5.32 Å². The van der Waals surface area contributed by atoms with Gasteiger partial charge >= 0.3 is 0 Å². The summed E-state index contributed by atoms with van der Waals surface area (Å²) in [6.07, 6.45) is 6.71. The van der Waals surface area contributed by atoms with Crippen LogP contribution in [-0.4, -0.2) is 12.1 Å². The Hall–Kier alpha value is -0.530. The zero-order chi connectivity index (χ0) is 11.0. The van der Waals surface area contributed by atoms with E-state index in [1.807, 2.05) is 12.1 Å². The summed E-state index contributed by atoms with van der Waals surface area (Å²) in [6, 6.07) is 9.84. The van der Waals surface area contributed by atoms with Crippen LogP contribution in [0.5, 0.6) is 0 Å². The van der Waals surface area contributed by atoms with E-state index >= 15 is 0 Å². The number of rotatable bonds is 3. The largest absolute Gasteiger partial charge is 0.311 e. The van der Waals surface area contributed by atoms with Crippen LogP contribution in [0.3, 0.4) is 0 Å². The van der Waals surface area contributed by atoms with Crippen molar-refractivity contribution in [2.45, 2.75) is 50.1 Å². The highest BCUT2D eigenvalue weighted by molar-refractivity contribution is 6.31. The van der Waals surface area contributed by atoms with Crippen molar-refractivity contribution in [3.8, 4) is 0 Å². The fourth-order valence-electron chi connectivity index (χ4n) is 2.72. The Labute approximate surface area is 102 Å². The summed E-state index contributed by atoms with van der Waals surface area (Å²) < 4.78 is 0. The second-order valence-electron chi connectivity index (χ2n) is 5.18. The van der Waals surface area contributed by atoms with Gasteiger partial charge in [-0.3, -0.25) is 0 Å². The van der Waals surface area contributed by atoms with Crippen LogP contribution >= 0.6 is 11.6 Å². The smallest absolute Gasteiger partial charge is 0.0440 e. The molecule has 2 saturated carbocycles. The van der Waals surface area contributed by atoms with E-state index in [4.69, 9.17) is 11.6 Å². The summed E-state index contributed by atoms with van der Waals surface area (Å²) in [5, 5.41) is 4.67. The minimum atomic E-state index is 0.686. The van der Waals surface area contributed by atoms with Crippen LogP contribution in [-0.2, 0) is 0 Å². The van der Waals surface area contributed by atoms with Crippen molar-refractivity contribution in [2.75, 3.05) is 0 Å². The SMILES string of the molecule is Clc1ccccc1C1CC(NC2CCC2)C1. The van der Waals surface area contributed by atoms with Gasteiger partial charge in [-0.1, -0.05) is 36.2 Å². The first-order valence-electron chi connectivity index (χ1n) is 6.33. The molecule has 0 aliphatic heterocycles. The molecule has 86 valence electrons. The van der Waals surface area contributed by atoms with Gasteiger partial charge in [0.25, 0.3) is 0 Å². The number of hydrogen-bond acceptors (Lipinski definition) is 1. The lowest BCUT2D eigenvalue weighted by Gasteiger charge is -2.41. The van der Waals surface area contributed by atoms with Gasteiger partial charge in [0, 0.05) is 17.1 Å². The number of nitrogens with one attached hydrogen (secondary N) is 1. The van der Waals surface area contributed by atoms with Crippen molar-refractivity contribution < 1.29 is 0 Å². The van der Waals surface area contributed by atoms with Crippen LogP contribution in [0, 0.1) is 0 Å². The lowest BCUT2D eigenvalue weighted by molar-refractivity contribution is 0.220. The monoisotopic (exact) mass is 235 g/mol. The van der Waals surface area contributed by atoms with Crippen LogP contribution in [0.1, 0.15) is 43.6 Å². The van der Waals surface area contributed by atoms with Crippen LogP contribution in [0.15, 0.2) is 24.3 Å². The maximum Gasteiger partial charge on any atom is 0.0440 e. The van der Waals surface area contributed by atoms with Crippen LogP contribution in [0.25, 0.3) is 0 Å². The Morgan fingerprint density at radius 3 is 2.44 bits per heavy atom. The standard InChI is InChI=1S/C14H18ClN/c15-14-7-2-1-6-13(14)10-8-12(9-10)16-11-4-3-5-11/h1-2,6-7,10-12,16H,3-5,8-9H2. The van der Waals surface area contributed by atoms with Crippen LogP contribution in [0.4, 0.5) is 0 Å². The van der Waals surface area contributed by atoms with Crippen molar-refractivity contribution in [3.63, 3.8) is 0 Å². The summed E-state index contributed by atoms with van der Waals surface area (Å²) in [5.41, 5.74) is 1.34. The number of halogens is 1. The molecule has 0 unspecified atom stereocenters. The molecule has 1 nitrogen and oxygen atoms in total. The van der Waals surface area contributed by atoms with Crippen molar-refractivity contribution in [1.82, 2.24) is 5.32 Å². The van der Waals surface area contributed by atoms with Crippen molar-refractivity contribution in [3.05, 3.63) is 34.9 Å². The minimum Gasteiger partial charge on any atom is -0.311 e. The highest BCUT2D eigenvalue weighted by atomic mass is 35.5. The van der Waals surface area contributed by atoms with Gasteiger partial charge in [-0.2, -0.15) is 0 Å². The fourth-order valence-corrected chi connectivity index (χ4v) is 3.01. The van der Waals surface area contributed by atoms with E-state index in [0.29, 0.717) is 5.92 Å². The highest BCUT2D eigenvalue weighted by Gasteiger charge is 2.33. The summed E-state index contributed by atoms with van der Waals surface area (Å²) >= 11 is 6.20. The molecule has 2 fully saturated rings. The third-order valence-corrected chi connectivity index (χ3v) is 4.40. The van der Waals surface area contributed by atoms with Gasteiger partial charge in [-0.05, 0) is 43.2 Å². The summed E-state index contributed by atoms with van der Waals surface area (Å²) in [5.74, 6) is 0.686. The van der Waals surface area contributed by atoms with E-state index in [-0.39, 0.29) is 0 Å². The normalized spacial score (nSPS) is 29.6. The Morgan fingerprint density at radius 2 is 1.81 bits per heavy atom. The first-order chi connectivity index (χ1) is 7.83. The average molecular weight is 236 g/mol. The van der Waals surface area contributed by atoms with Gasteiger partial charge in [-0.15, -0.1) is 0 Å². The first kappa shape index (κ1) is 10.6. The van der Waals surface area contributed by atoms with E-state index in [2.05, 4.69) is 17.4 Å². The molecule has 16 heavy (non-hydrogen) atoms. The average Bonchev–Trinajstić information content (AvgIpc) is 2.15. The molecule has 0 radical (unpaired) electrons. The predicted molar refractivity (Wildman–Crippen MR) is 68.0 cm³/mol. The molecule has 0 heterocycles. The van der Waals surface area contributed by atoms with Gasteiger partial charge in [0.1, 0.15) is 0 Å². The maximum atomic E-state index is 6.20. The highest BCUT2D eigenvalue weighted by Crippen LogP contribution is 2.40. The molecule has 3 rings (SSSR count). The van der Waals surface area contributed by atoms with Gasteiger partial charge in [0.2, 0.25) is 0 Å². The molecule has 0 aromatic heterocycles. The van der Waals surface area contributed by atoms with Gasteiger partial charge in [-0.25, -0.2) is 0 Å². The number of hydrogen-bond donors (Lipinski definition) is 1. The van der Waals surface area contributed by atoms with Crippen LogP contribution in [0.2, 0.25) is 5.02 Å². The molecule has 2 aliphatic rings. The second kappa shape index (κ2) is 4.38. The molecular weight excluding hydrogens is 218 g/mol. The summed E-state index contributed by atoms with van der Waals surface area (Å²) in [4.78, 5) is 0. The zero-order valence-corrected chi connectivity index (χ0v) is 10.2. The van der Waals surface area contributed by atoms with Crippen LogP contribution < -0.4 is 5.32 Å². The molecule has 2 heteroatoms. The van der Waals surface area contributed by atoms with Crippen molar-refractivity contribution in [2.24, 2.45) is 0 Å². The minimum absolute atomic E-state index is 0.686. The summed E-state index contributed by atoms with van der Waals surface area (Å²) in [7, 11) is 0. The molecule has 0 bridgehead atoms. The topological polar surface area (TPSA) is 12.0 Å². The lowest BCUT2D eigenvalue weighted by atomic mass is 9.75. The molecule has 0 atom stereocenters. The Bertz CT molecular complexity index is 367. The molecule has 2 aliphatic carbocycles. The Balaban J connectivity index is 1.54. The van der Waals surface area contributed by atoms with E-state index < -0.39 is 0 Å². The quantitative estimate of drug-likeness (QED) is 0.842. The van der Waals surface area contributed by atoms with E-state index in [1.54, 1.807) is 0 Å². The molecule has 1 aromatic rings. The second-order valence-corrected chi connectivity index (χ2v) is 5.59. The van der Waals surface area contributed by atoms with E-state index in [9.17, 15) is 0 Å². The third-order valence-electron chi connectivity index (χ3n) is 4.06. The van der Waals surface area contributed by atoms with Gasteiger partial charge in [0.05, 0.1) is 0 Å². The van der Waals surface area contributed by atoms with Crippen molar-refractivity contribution >= 4 is 11.6 Å². The zero-order valence-electron chi connectivity index (χ0n) is 9.45. The molecule has 0 amide bonds. The Kier molecular flexibility index (Phi) is 2.91. The third kappa shape index (κ3) is 1.99. The first-order valence-corrected chi connectivity index (χ1v) is 6.71. The molecule has 0 saturated heterocycles.